The van der Waals surface area contributed by atoms with E-state index >= 15 is 0 Å². The molecule has 7 nitrogen and oxygen atoms in total. The first-order valence-electron chi connectivity index (χ1n) is 9.68. The number of anilines is 2. The molecule has 0 bridgehead atoms. The van der Waals surface area contributed by atoms with E-state index in [1.54, 1.807) is 6.33 Å². The Balaban J connectivity index is 1.22. The quantitative estimate of drug-likeness (QED) is 0.829. The number of hydrogen-bond donors (Lipinski definition) is 1. The number of carbonyl (C=O) groups is 1. The molecule has 1 atom stereocenters. The van der Waals surface area contributed by atoms with Gasteiger partial charge in [-0.05, 0) is 37.5 Å². The lowest BCUT2D eigenvalue weighted by Crippen LogP contribution is -2.65. The molecule has 1 aromatic heterocycles. The predicted molar refractivity (Wildman–Crippen MR) is 100 cm³/mol. The third-order valence-electron chi connectivity index (χ3n) is 5.77. The summed E-state index contributed by atoms with van der Waals surface area (Å²) in [6.07, 6.45) is 6.95. The highest BCUT2D eigenvalue weighted by molar-refractivity contribution is 5.76. The molecule has 1 N–H and O–H groups in total. The first kappa shape index (κ1) is 17.5. The lowest BCUT2D eigenvalue weighted by molar-refractivity contribution is -0.125. The number of aromatic nitrogens is 2. The molecular weight excluding hydrogens is 330 g/mol. The maximum absolute atomic E-state index is 11.8. The maximum Gasteiger partial charge on any atom is 0.220 e. The van der Waals surface area contributed by atoms with Gasteiger partial charge >= 0.3 is 0 Å². The van der Waals surface area contributed by atoms with Crippen LogP contribution in [-0.2, 0) is 9.53 Å². The van der Waals surface area contributed by atoms with Crippen molar-refractivity contribution in [2.75, 3.05) is 50.1 Å². The fourth-order valence-electron chi connectivity index (χ4n) is 3.81. The van der Waals surface area contributed by atoms with E-state index in [9.17, 15) is 4.79 Å². The van der Waals surface area contributed by atoms with Crippen molar-refractivity contribution in [1.82, 2.24) is 15.3 Å². The van der Waals surface area contributed by atoms with E-state index < -0.39 is 0 Å². The third kappa shape index (κ3) is 3.92. The Hall–Kier alpha value is -1.89. The molecule has 0 radical (unpaired) electrons. The summed E-state index contributed by atoms with van der Waals surface area (Å²) >= 11 is 0. The van der Waals surface area contributed by atoms with Gasteiger partial charge in [0.2, 0.25) is 5.91 Å². The summed E-state index contributed by atoms with van der Waals surface area (Å²) in [5.41, 5.74) is -0.0300. The molecule has 0 aromatic carbocycles. The van der Waals surface area contributed by atoms with E-state index in [1.807, 2.05) is 25.1 Å². The van der Waals surface area contributed by atoms with Crippen LogP contribution in [0.4, 0.5) is 11.6 Å². The fourth-order valence-corrected chi connectivity index (χ4v) is 3.81. The van der Waals surface area contributed by atoms with Crippen LogP contribution in [0, 0.1) is 11.8 Å². The van der Waals surface area contributed by atoms with Gasteiger partial charge in [-0.2, -0.15) is 0 Å². The Bertz CT molecular complexity index is 645. The van der Waals surface area contributed by atoms with Crippen LogP contribution in [-0.4, -0.2) is 61.8 Å². The van der Waals surface area contributed by atoms with E-state index in [1.165, 1.54) is 12.8 Å². The van der Waals surface area contributed by atoms with Gasteiger partial charge in [-0.15, -0.1) is 0 Å². The van der Waals surface area contributed by atoms with Gasteiger partial charge in [0, 0.05) is 33.1 Å². The Morgan fingerprint density at radius 2 is 2.12 bits per heavy atom. The SMILES string of the molecule is CN(C)c1cc(N2CC3(CCC(CNC(=O)CC4CC4)CO3)C2)ncn1. The van der Waals surface area contributed by atoms with Crippen LogP contribution in [0.2, 0.25) is 0 Å². The molecule has 2 saturated heterocycles. The Morgan fingerprint density at radius 1 is 1.31 bits per heavy atom. The molecule has 26 heavy (non-hydrogen) atoms. The number of nitrogens with one attached hydrogen (secondary N) is 1. The monoisotopic (exact) mass is 359 g/mol. The molecule has 4 rings (SSSR count). The van der Waals surface area contributed by atoms with Gasteiger partial charge in [0.05, 0.1) is 19.7 Å². The van der Waals surface area contributed by atoms with Crippen LogP contribution in [0.25, 0.3) is 0 Å². The van der Waals surface area contributed by atoms with Gasteiger partial charge < -0.3 is 19.9 Å². The second kappa shape index (κ2) is 7.02. The van der Waals surface area contributed by atoms with Crippen LogP contribution < -0.4 is 15.1 Å². The predicted octanol–water partition coefficient (Wildman–Crippen LogP) is 1.44. The highest BCUT2D eigenvalue weighted by Gasteiger charge is 2.47. The molecule has 1 amide bonds. The van der Waals surface area contributed by atoms with Crippen molar-refractivity contribution in [3.63, 3.8) is 0 Å². The van der Waals surface area contributed by atoms with E-state index in [-0.39, 0.29) is 11.5 Å². The van der Waals surface area contributed by atoms with Gasteiger partial charge in [0.15, 0.2) is 0 Å². The van der Waals surface area contributed by atoms with Gasteiger partial charge in [0.1, 0.15) is 23.6 Å². The van der Waals surface area contributed by atoms with Gasteiger partial charge in [0.25, 0.3) is 0 Å². The standard InChI is InChI=1S/C19H29N5O2/c1-23(2)16-8-17(22-13-21-16)24-11-19(12-24)6-5-15(10-26-19)9-20-18(25)7-14-3-4-14/h8,13-15H,3-7,9-12H2,1-2H3,(H,20,25). The topological polar surface area (TPSA) is 70.6 Å². The molecule has 3 heterocycles. The average molecular weight is 359 g/mol. The van der Waals surface area contributed by atoms with Gasteiger partial charge in [-0.25, -0.2) is 9.97 Å². The number of amides is 1. The summed E-state index contributed by atoms with van der Waals surface area (Å²) in [6, 6.07) is 2.02. The lowest BCUT2D eigenvalue weighted by atomic mass is 9.83. The Morgan fingerprint density at radius 3 is 2.77 bits per heavy atom. The van der Waals surface area contributed by atoms with Crippen molar-refractivity contribution in [3.8, 4) is 0 Å². The van der Waals surface area contributed by atoms with E-state index in [0.29, 0.717) is 18.3 Å². The Kier molecular flexibility index (Phi) is 4.73. The minimum absolute atomic E-state index is 0.0300. The number of ether oxygens (including phenoxy) is 1. The fraction of sp³-hybridized carbons (Fsp3) is 0.737. The van der Waals surface area contributed by atoms with Crippen LogP contribution >= 0.6 is 0 Å². The average Bonchev–Trinajstić information content (AvgIpc) is 3.42. The van der Waals surface area contributed by atoms with Crippen molar-refractivity contribution in [2.24, 2.45) is 11.8 Å². The van der Waals surface area contributed by atoms with Crippen LogP contribution in [0.15, 0.2) is 12.4 Å². The number of nitrogens with zero attached hydrogens (tertiary/aromatic N) is 4. The highest BCUT2D eigenvalue weighted by Crippen LogP contribution is 2.38. The van der Waals surface area contributed by atoms with Crippen LogP contribution in [0.1, 0.15) is 32.1 Å². The third-order valence-corrected chi connectivity index (χ3v) is 5.77. The number of rotatable bonds is 6. The zero-order valence-electron chi connectivity index (χ0n) is 15.8. The first-order chi connectivity index (χ1) is 12.5. The van der Waals surface area contributed by atoms with Gasteiger partial charge in [-0.1, -0.05) is 0 Å². The molecule has 1 unspecified atom stereocenters. The van der Waals surface area contributed by atoms with Crippen molar-refractivity contribution in [1.29, 1.82) is 0 Å². The molecule has 2 aliphatic heterocycles. The molecule has 1 aromatic rings. The molecule has 3 aliphatic rings. The number of carbonyl (C=O) groups excluding carboxylic acids is 1. The van der Waals surface area contributed by atoms with E-state index in [2.05, 4.69) is 20.2 Å². The molecule has 1 spiro atoms. The van der Waals surface area contributed by atoms with Crippen molar-refractivity contribution in [2.45, 2.75) is 37.7 Å². The summed E-state index contributed by atoms with van der Waals surface area (Å²) in [7, 11) is 3.97. The summed E-state index contributed by atoms with van der Waals surface area (Å²) in [5, 5.41) is 3.09. The highest BCUT2D eigenvalue weighted by atomic mass is 16.5. The second-order valence-electron chi connectivity index (χ2n) is 8.34. The summed E-state index contributed by atoms with van der Waals surface area (Å²) < 4.78 is 6.22. The summed E-state index contributed by atoms with van der Waals surface area (Å²) in [4.78, 5) is 24.7. The smallest absolute Gasteiger partial charge is 0.220 e. The van der Waals surface area contributed by atoms with Crippen LogP contribution in [0.5, 0.6) is 0 Å². The molecule has 142 valence electrons. The zero-order valence-corrected chi connectivity index (χ0v) is 15.8. The van der Waals surface area contributed by atoms with Gasteiger partial charge in [-0.3, -0.25) is 4.79 Å². The van der Waals surface area contributed by atoms with E-state index in [4.69, 9.17) is 4.74 Å². The van der Waals surface area contributed by atoms with E-state index in [0.717, 1.165) is 50.7 Å². The molecule has 3 fully saturated rings. The van der Waals surface area contributed by atoms with Crippen LogP contribution in [0.3, 0.4) is 0 Å². The molecule has 7 heteroatoms. The maximum atomic E-state index is 11.8. The molecule has 1 saturated carbocycles. The second-order valence-corrected chi connectivity index (χ2v) is 8.34. The van der Waals surface area contributed by atoms with Crippen molar-refractivity contribution >= 4 is 17.5 Å². The lowest BCUT2D eigenvalue weighted by Gasteiger charge is -2.53. The largest absolute Gasteiger partial charge is 0.371 e. The molecule has 1 aliphatic carbocycles. The van der Waals surface area contributed by atoms with Crippen molar-refractivity contribution in [3.05, 3.63) is 12.4 Å². The van der Waals surface area contributed by atoms with Crippen molar-refractivity contribution < 1.29 is 9.53 Å². The zero-order chi connectivity index (χ0) is 18.1. The normalized spacial score (nSPS) is 24.2. The Labute approximate surface area is 155 Å². The number of hydrogen-bond acceptors (Lipinski definition) is 6. The summed E-state index contributed by atoms with van der Waals surface area (Å²) in [5.74, 6) is 3.19. The minimum atomic E-state index is -0.0300. The summed E-state index contributed by atoms with van der Waals surface area (Å²) in [6.45, 7) is 3.27. The first-order valence-corrected chi connectivity index (χ1v) is 9.68. The minimum Gasteiger partial charge on any atom is -0.371 e. The molecular formula is C19H29N5O2.